The second-order valence-electron chi connectivity index (χ2n) is 3.95. The molecule has 0 spiro atoms. The van der Waals surface area contributed by atoms with E-state index in [1.807, 2.05) is 42.5 Å². The fourth-order valence-corrected chi connectivity index (χ4v) is 2.22. The number of rotatable bonds is 4. The summed E-state index contributed by atoms with van der Waals surface area (Å²) in [6, 6.07) is 13.7. The average Bonchev–Trinajstić information content (AvgIpc) is 2.37. The van der Waals surface area contributed by atoms with Gasteiger partial charge in [-0.2, -0.15) is 0 Å². The molecule has 0 saturated heterocycles. The molecule has 0 aliphatic rings. The number of benzene rings is 2. The summed E-state index contributed by atoms with van der Waals surface area (Å²) in [7, 11) is 1.65. The minimum absolute atomic E-state index is 0.740. The van der Waals surface area contributed by atoms with Gasteiger partial charge in [0.25, 0.3) is 0 Å². The van der Waals surface area contributed by atoms with Crippen LogP contribution < -0.4 is 15.8 Å². The highest BCUT2D eigenvalue weighted by molar-refractivity contribution is 9.10. The summed E-state index contributed by atoms with van der Waals surface area (Å²) in [5, 5.41) is 3.34. The minimum Gasteiger partial charge on any atom is -0.496 e. The second kappa shape index (κ2) is 5.78. The number of hydrogen-bond acceptors (Lipinski definition) is 3. The Morgan fingerprint density at radius 2 is 2.06 bits per heavy atom. The number of nitrogens with one attached hydrogen (secondary N) is 1. The van der Waals surface area contributed by atoms with Gasteiger partial charge < -0.3 is 15.8 Å². The van der Waals surface area contributed by atoms with Gasteiger partial charge in [0.2, 0.25) is 0 Å². The standard InChI is InChI=1S/C14H15BrN2O/c1-18-14-6-5-12(8-13(14)15)17-9-10-3-2-4-11(16)7-10/h2-8,17H,9,16H2,1H3. The average molecular weight is 307 g/mol. The van der Waals surface area contributed by atoms with Gasteiger partial charge in [0.05, 0.1) is 11.6 Å². The van der Waals surface area contributed by atoms with Gasteiger partial charge in [-0.05, 0) is 51.8 Å². The normalized spacial score (nSPS) is 10.1. The third-order valence-electron chi connectivity index (χ3n) is 2.60. The highest BCUT2D eigenvalue weighted by Crippen LogP contribution is 2.27. The van der Waals surface area contributed by atoms with E-state index >= 15 is 0 Å². The van der Waals surface area contributed by atoms with E-state index in [1.165, 1.54) is 0 Å². The topological polar surface area (TPSA) is 47.3 Å². The number of halogens is 1. The molecule has 0 aliphatic carbocycles. The van der Waals surface area contributed by atoms with E-state index in [0.29, 0.717) is 0 Å². The molecule has 3 nitrogen and oxygen atoms in total. The van der Waals surface area contributed by atoms with Crippen LogP contribution in [0.3, 0.4) is 0 Å². The molecule has 0 heterocycles. The number of ether oxygens (including phenoxy) is 1. The van der Waals surface area contributed by atoms with E-state index in [2.05, 4.69) is 21.2 Å². The summed E-state index contributed by atoms with van der Waals surface area (Å²) in [5.41, 5.74) is 8.71. The summed E-state index contributed by atoms with van der Waals surface area (Å²) in [6.07, 6.45) is 0. The van der Waals surface area contributed by atoms with Crippen LogP contribution in [0, 0.1) is 0 Å². The molecule has 0 radical (unpaired) electrons. The molecular formula is C14H15BrN2O. The van der Waals surface area contributed by atoms with E-state index in [9.17, 15) is 0 Å². The van der Waals surface area contributed by atoms with Crippen LogP contribution in [0.1, 0.15) is 5.56 Å². The van der Waals surface area contributed by atoms with Crippen LogP contribution in [0.4, 0.5) is 11.4 Å². The van der Waals surface area contributed by atoms with Crippen LogP contribution >= 0.6 is 15.9 Å². The van der Waals surface area contributed by atoms with Crippen molar-refractivity contribution in [2.24, 2.45) is 0 Å². The lowest BCUT2D eigenvalue weighted by atomic mass is 10.2. The summed E-state index contributed by atoms with van der Waals surface area (Å²) in [5.74, 6) is 0.824. The minimum atomic E-state index is 0.740. The van der Waals surface area contributed by atoms with Crippen molar-refractivity contribution in [2.45, 2.75) is 6.54 Å². The van der Waals surface area contributed by atoms with Crippen LogP contribution in [0.2, 0.25) is 0 Å². The Labute approximate surface area is 115 Å². The van der Waals surface area contributed by atoms with Crippen molar-refractivity contribution in [1.29, 1.82) is 0 Å². The first-order chi connectivity index (χ1) is 8.69. The zero-order valence-electron chi connectivity index (χ0n) is 10.1. The predicted molar refractivity (Wildman–Crippen MR) is 78.9 cm³/mol. The van der Waals surface area contributed by atoms with Crippen LogP contribution in [-0.4, -0.2) is 7.11 Å². The van der Waals surface area contributed by atoms with Gasteiger partial charge in [0, 0.05) is 17.9 Å². The molecule has 0 unspecified atom stereocenters. The largest absolute Gasteiger partial charge is 0.496 e. The Hall–Kier alpha value is -1.68. The van der Waals surface area contributed by atoms with Gasteiger partial charge in [0.15, 0.2) is 0 Å². The third kappa shape index (κ3) is 3.17. The maximum Gasteiger partial charge on any atom is 0.133 e. The Morgan fingerprint density at radius 1 is 1.22 bits per heavy atom. The van der Waals surface area contributed by atoms with Gasteiger partial charge in [-0.15, -0.1) is 0 Å². The number of nitrogens with two attached hydrogens (primary N) is 1. The van der Waals surface area contributed by atoms with Crippen LogP contribution in [0.5, 0.6) is 5.75 Å². The first kappa shape index (κ1) is 12.8. The molecule has 0 fully saturated rings. The van der Waals surface area contributed by atoms with Gasteiger partial charge >= 0.3 is 0 Å². The molecule has 3 N–H and O–H groups in total. The summed E-state index contributed by atoms with van der Waals surface area (Å²) in [6.45, 7) is 0.740. The molecule has 0 atom stereocenters. The zero-order valence-corrected chi connectivity index (χ0v) is 11.7. The molecule has 18 heavy (non-hydrogen) atoms. The highest BCUT2D eigenvalue weighted by atomic mass is 79.9. The van der Waals surface area contributed by atoms with Crippen molar-refractivity contribution in [1.82, 2.24) is 0 Å². The third-order valence-corrected chi connectivity index (χ3v) is 3.22. The monoisotopic (exact) mass is 306 g/mol. The van der Waals surface area contributed by atoms with Gasteiger partial charge in [0.1, 0.15) is 5.75 Å². The van der Waals surface area contributed by atoms with E-state index in [0.717, 1.165) is 33.7 Å². The predicted octanol–water partition coefficient (Wildman–Crippen LogP) is 3.65. The molecule has 2 aromatic carbocycles. The van der Waals surface area contributed by atoms with Crippen LogP contribution in [0.15, 0.2) is 46.9 Å². The quantitative estimate of drug-likeness (QED) is 0.848. The zero-order chi connectivity index (χ0) is 13.0. The number of hydrogen-bond donors (Lipinski definition) is 2. The number of nitrogen functional groups attached to an aromatic ring is 1. The van der Waals surface area contributed by atoms with Crippen molar-refractivity contribution in [2.75, 3.05) is 18.2 Å². The Kier molecular flexibility index (Phi) is 4.10. The Bertz CT molecular complexity index is 543. The van der Waals surface area contributed by atoms with Crippen molar-refractivity contribution in [3.63, 3.8) is 0 Å². The first-order valence-corrected chi connectivity index (χ1v) is 6.40. The molecule has 0 saturated carbocycles. The molecule has 2 rings (SSSR count). The Morgan fingerprint density at radius 3 is 2.72 bits per heavy atom. The van der Waals surface area contributed by atoms with Gasteiger partial charge in [-0.3, -0.25) is 0 Å². The lowest BCUT2D eigenvalue weighted by molar-refractivity contribution is 0.412. The first-order valence-electron chi connectivity index (χ1n) is 5.61. The summed E-state index contributed by atoms with van der Waals surface area (Å²) in [4.78, 5) is 0. The molecular weight excluding hydrogens is 292 g/mol. The van der Waals surface area contributed by atoms with Crippen molar-refractivity contribution >= 4 is 27.3 Å². The number of anilines is 2. The molecule has 4 heteroatoms. The molecule has 0 amide bonds. The van der Waals surface area contributed by atoms with Crippen LogP contribution in [-0.2, 0) is 6.54 Å². The lowest BCUT2D eigenvalue weighted by Gasteiger charge is -2.09. The fraction of sp³-hybridized carbons (Fsp3) is 0.143. The SMILES string of the molecule is COc1ccc(NCc2cccc(N)c2)cc1Br. The molecule has 0 aromatic heterocycles. The van der Waals surface area contributed by atoms with Crippen LogP contribution in [0.25, 0.3) is 0 Å². The maximum absolute atomic E-state index is 5.74. The fourth-order valence-electron chi connectivity index (χ4n) is 1.68. The summed E-state index contributed by atoms with van der Waals surface area (Å²) < 4.78 is 6.12. The van der Waals surface area contributed by atoms with E-state index in [-0.39, 0.29) is 0 Å². The molecule has 0 bridgehead atoms. The number of methoxy groups -OCH3 is 1. The van der Waals surface area contributed by atoms with E-state index in [1.54, 1.807) is 7.11 Å². The van der Waals surface area contributed by atoms with Gasteiger partial charge in [-0.25, -0.2) is 0 Å². The Balaban J connectivity index is 2.04. The summed E-state index contributed by atoms with van der Waals surface area (Å²) >= 11 is 3.46. The maximum atomic E-state index is 5.74. The van der Waals surface area contributed by atoms with E-state index < -0.39 is 0 Å². The lowest BCUT2D eigenvalue weighted by Crippen LogP contribution is -2.00. The second-order valence-corrected chi connectivity index (χ2v) is 4.80. The van der Waals surface area contributed by atoms with Crippen molar-refractivity contribution < 1.29 is 4.74 Å². The van der Waals surface area contributed by atoms with Crippen molar-refractivity contribution in [3.8, 4) is 5.75 Å². The molecule has 2 aromatic rings. The smallest absolute Gasteiger partial charge is 0.133 e. The van der Waals surface area contributed by atoms with Gasteiger partial charge in [-0.1, -0.05) is 12.1 Å². The molecule has 0 aliphatic heterocycles. The van der Waals surface area contributed by atoms with Crippen molar-refractivity contribution in [3.05, 3.63) is 52.5 Å². The molecule has 94 valence electrons. The highest BCUT2D eigenvalue weighted by Gasteiger charge is 2.01. The van der Waals surface area contributed by atoms with E-state index in [4.69, 9.17) is 10.5 Å².